The average molecular weight is 428 g/mol. The predicted octanol–water partition coefficient (Wildman–Crippen LogP) is 1.56. The van der Waals surface area contributed by atoms with Gasteiger partial charge in [-0.3, -0.25) is 0 Å². The van der Waals surface area contributed by atoms with Gasteiger partial charge in [0.15, 0.2) is 11.4 Å². The van der Waals surface area contributed by atoms with Crippen LogP contribution in [0, 0.1) is 10.4 Å². The van der Waals surface area contributed by atoms with Crippen molar-refractivity contribution in [3.05, 3.63) is 64.0 Å². The fraction of sp³-hybridized carbons (Fsp3) is 0.409. The number of hydrogen-bond acceptors (Lipinski definition) is 7. The smallest absolute Gasteiger partial charge is 0.407 e. The van der Waals surface area contributed by atoms with Crippen LogP contribution in [-0.2, 0) is 17.8 Å². The summed E-state index contributed by atoms with van der Waals surface area (Å²) in [6, 6.07) is 12.1. The highest BCUT2D eigenvalue weighted by molar-refractivity contribution is 5.68. The molecular weight excluding hydrogens is 402 g/mol. The van der Waals surface area contributed by atoms with Crippen LogP contribution >= 0.6 is 0 Å². The summed E-state index contributed by atoms with van der Waals surface area (Å²) >= 11 is 0. The molecular formula is C22H26N3O6-. The molecule has 2 aromatic carbocycles. The zero-order valence-electron chi connectivity index (χ0n) is 17.5. The van der Waals surface area contributed by atoms with Gasteiger partial charge in [0.1, 0.15) is 24.1 Å². The van der Waals surface area contributed by atoms with Gasteiger partial charge in [0.2, 0.25) is 0 Å². The van der Waals surface area contributed by atoms with Crippen LogP contribution in [0.15, 0.2) is 42.5 Å². The highest BCUT2D eigenvalue weighted by Crippen LogP contribution is 2.40. The lowest BCUT2D eigenvalue weighted by Crippen LogP contribution is -2.96. The molecule has 2 aromatic rings. The van der Waals surface area contributed by atoms with Crippen LogP contribution in [-0.4, -0.2) is 36.9 Å². The Kier molecular flexibility index (Phi) is 6.01. The summed E-state index contributed by atoms with van der Waals surface area (Å²) in [6.07, 6.45) is -0.439. The van der Waals surface area contributed by atoms with Crippen molar-refractivity contribution in [1.82, 2.24) is 10.6 Å². The second kappa shape index (κ2) is 8.72. The van der Waals surface area contributed by atoms with E-state index in [0.717, 1.165) is 11.1 Å². The molecule has 166 valence electrons. The largest absolute Gasteiger partial charge is 0.628 e. The fourth-order valence-electron chi connectivity index (χ4n) is 3.89. The van der Waals surface area contributed by atoms with Gasteiger partial charge in [-0.05, 0) is 19.4 Å². The second-order valence-corrected chi connectivity index (χ2v) is 8.41. The molecule has 1 saturated heterocycles. The number of carbonyl (C=O) groups is 1. The van der Waals surface area contributed by atoms with Gasteiger partial charge in [-0.2, -0.15) is 0 Å². The van der Waals surface area contributed by atoms with Crippen molar-refractivity contribution in [3.8, 4) is 11.5 Å². The molecule has 1 fully saturated rings. The Hall–Kier alpha value is -2.85. The standard InChI is InChI=1S/C22H26N3O6/c1-22(2)10-15-8-17(25(27)28)19(9-18(15)31-22)30-20-12-23-11-16(20)24-21(26)29-13-14-6-4-3-5-7-14/h3-9,16,20,23,25H,10-13H2,1-2H3,(H,24,26)/q-1/t16?,20-/m0/s1. The lowest BCUT2D eigenvalue weighted by Gasteiger charge is -2.29. The summed E-state index contributed by atoms with van der Waals surface area (Å²) in [5, 5.41) is 28.0. The number of benzene rings is 2. The van der Waals surface area contributed by atoms with Gasteiger partial charge >= 0.3 is 6.09 Å². The van der Waals surface area contributed by atoms with E-state index in [-0.39, 0.29) is 24.1 Å². The van der Waals surface area contributed by atoms with Crippen molar-refractivity contribution < 1.29 is 24.2 Å². The van der Waals surface area contributed by atoms with Crippen molar-refractivity contribution in [2.24, 2.45) is 0 Å². The monoisotopic (exact) mass is 428 g/mol. The highest BCUT2D eigenvalue weighted by atomic mass is 16.8. The zero-order chi connectivity index (χ0) is 22.0. The Balaban J connectivity index is 1.42. The van der Waals surface area contributed by atoms with Crippen molar-refractivity contribution in [3.63, 3.8) is 0 Å². The van der Waals surface area contributed by atoms with E-state index in [1.54, 1.807) is 12.1 Å². The summed E-state index contributed by atoms with van der Waals surface area (Å²) in [7, 11) is 0. The number of carbonyl (C=O) groups excluding carboxylic acids is 1. The number of nitrogens with one attached hydrogen (secondary N) is 3. The Morgan fingerprint density at radius 3 is 2.77 bits per heavy atom. The van der Waals surface area contributed by atoms with Gasteiger partial charge in [-0.25, -0.2) is 4.79 Å². The van der Waals surface area contributed by atoms with Crippen LogP contribution in [0.3, 0.4) is 0 Å². The molecule has 2 atom stereocenters. The van der Waals surface area contributed by atoms with E-state index < -0.39 is 23.0 Å². The molecule has 0 radical (unpaired) electrons. The van der Waals surface area contributed by atoms with Crippen LogP contribution in [0.5, 0.6) is 11.5 Å². The third-order valence-electron chi connectivity index (χ3n) is 5.34. The lowest BCUT2D eigenvalue weighted by atomic mass is 10.0. The Labute approximate surface area is 180 Å². The molecule has 0 bridgehead atoms. The number of fused-ring (bicyclic) bond motifs is 1. The third kappa shape index (κ3) is 5.08. The van der Waals surface area contributed by atoms with E-state index in [9.17, 15) is 15.2 Å². The van der Waals surface area contributed by atoms with Crippen LogP contribution in [0.1, 0.15) is 25.0 Å². The molecule has 31 heavy (non-hydrogen) atoms. The van der Waals surface area contributed by atoms with E-state index in [2.05, 4.69) is 10.6 Å². The summed E-state index contributed by atoms with van der Waals surface area (Å²) in [5.41, 5.74) is 1.25. The van der Waals surface area contributed by atoms with E-state index >= 15 is 0 Å². The van der Waals surface area contributed by atoms with Gasteiger partial charge in [-0.1, -0.05) is 30.3 Å². The Bertz CT molecular complexity index is 934. The second-order valence-electron chi connectivity index (χ2n) is 8.41. The maximum absolute atomic E-state index is 12.2. The van der Waals surface area contributed by atoms with Crippen molar-refractivity contribution in [2.75, 3.05) is 13.1 Å². The van der Waals surface area contributed by atoms with Gasteiger partial charge in [0.25, 0.3) is 0 Å². The molecule has 0 aromatic heterocycles. The molecule has 0 spiro atoms. The lowest BCUT2D eigenvalue weighted by molar-refractivity contribution is -0.715. The van der Waals surface area contributed by atoms with Crippen LogP contribution in [0.25, 0.3) is 0 Å². The summed E-state index contributed by atoms with van der Waals surface area (Å²) in [4.78, 5) is 12.2. The maximum Gasteiger partial charge on any atom is 0.407 e. The van der Waals surface area contributed by atoms with Crippen molar-refractivity contribution >= 4 is 11.8 Å². The predicted molar refractivity (Wildman–Crippen MR) is 113 cm³/mol. The molecule has 9 nitrogen and oxygen atoms in total. The maximum atomic E-state index is 12.2. The summed E-state index contributed by atoms with van der Waals surface area (Å²) in [5.74, 6) is 0.761. The van der Waals surface area contributed by atoms with Gasteiger partial charge < -0.3 is 40.5 Å². The highest BCUT2D eigenvalue weighted by Gasteiger charge is 2.35. The van der Waals surface area contributed by atoms with E-state index in [1.165, 1.54) is 0 Å². The van der Waals surface area contributed by atoms with Gasteiger partial charge in [0.05, 0.1) is 6.04 Å². The number of alkyl carbamates (subject to hydrolysis) is 1. The first-order valence-corrected chi connectivity index (χ1v) is 10.2. The van der Waals surface area contributed by atoms with Crippen molar-refractivity contribution in [2.45, 2.75) is 44.6 Å². The molecule has 0 saturated carbocycles. The first kappa shape index (κ1) is 21.4. The normalized spacial score (nSPS) is 21.5. The quantitative estimate of drug-likeness (QED) is 0.597. The van der Waals surface area contributed by atoms with E-state index in [1.807, 2.05) is 44.2 Å². The fourth-order valence-corrected chi connectivity index (χ4v) is 3.89. The first-order valence-electron chi connectivity index (χ1n) is 10.2. The number of quaternary nitrogens is 1. The average Bonchev–Trinajstić information content (AvgIpc) is 3.28. The number of ether oxygens (including phenoxy) is 3. The first-order chi connectivity index (χ1) is 14.8. The van der Waals surface area contributed by atoms with Gasteiger partial charge in [-0.15, -0.1) is 0 Å². The molecule has 4 rings (SSSR count). The van der Waals surface area contributed by atoms with E-state index in [4.69, 9.17) is 14.2 Å². The molecule has 2 aliphatic heterocycles. The summed E-state index contributed by atoms with van der Waals surface area (Å²) < 4.78 is 17.2. The third-order valence-corrected chi connectivity index (χ3v) is 5.34. The van der Waals surface area contributed by atoms with Crippen LogP contribution < -0.4 is 25.3 Å². The molecule has 1 amide bonds. The van der Waals surface area contributed by atoms with Gasteiger partial charge in [0, 0.05) is 37.2 Å². The zero-order valence-corrected chi connectivity index (χ0v) is 17.5. The minimum Gasteiger partial charge on any atom is -0.628 e. The molecule has 2 aliphatic rings. The van der Waals surface area contributed by atoms with Crippen LogP contribution in [0.2, 0.25) is 0 Å². The minimum absolute atomic E-state index is 0.0302. The SMILES string of the molecule is CC1(C)Cc2cc([NH+]([O-])[O-])c(O[C@H]3CNCC3NC(=O)OCc3ccccc3)cc2O1. The molecule has 9 heteroatoms. The molecule has 1 unspecified atom stereocenters. The topological polar surface area (TPSA) is 119 Å². The Morgan fingerprint density at radius 2 is 2.03 bits per heavy atom. The van der Waals surface area contributed by atoms with Crippen LogP contribution in [0.4, 0.5) is 10.5 Å². The molecule has 0 aliphatic carbocycles. The minimum atomic E-state index is -1.32. The van der Waals surface area contributed by atoms with E-state index in [0.29, 0.717) is 25.3 Å². The number of hydrogen-bond donors (Lipinski definition) is 3. The summed E-state index contributed by atoms with van der Waals surface area (Å²) in [6.45, 7) is 4.95. The molecule has 3 N–H and O–H groups in total. The van der Waals surface area contributed by atoms with Crippen molar-refractivity contribution in [1.29, 1.82) is 0 Å². The molecule has 2 heterocycles. The number of amides is 1. The Morgan fingerprint density at radius 1 is 1.26 bits per heavy atom. The number of rotatable bonds is 6.